The van der Waals surface area contributed by atoms with E-state index in [1.54, 1.807) is 36.4 Å². The summed E-state index contributed by atoms with van der Waals surface area (Å²) in [6.07, 6.45) is 1.55. The highest BCUT2D eigenvalue weighted by Crippen LogP contribution is 2.27. The molecule has 1 N–H and O–H groups in total. The van der Waals surface area contributed by atoms with Gasteiger partial charge in [0.05, 0.1) is 20.8 Å². The minimum absolute atomic E-state index is 0.0871. The van der Waals surface area contributed by atoms with Crippen molar-refractivity contribution in [3.8, 4) is 11.5 Å². The van der Waals surface area contributed by atoms with Crippen molar-refractivity contribution < 1.29 is 23.5 Å². The Morgan fingerprint density at radius 3 is 2.50 bits per heavy atom. The summed E-state index contributed by atoms with van der Waals surface area (Å²) in [5, 5.41) is 2.57. The maximum absolute atomic E-state index is 13.9. The van der Waals surface area contributed by atoms with Crippen LogP contribution in [0.5, 0.6) is 11.5 Å². The standard InChI is InChI=1S/C21H23FN2O4/c1-4-11-24(14-16-7-5-6-8-17(16)22)20(25)13-23-21(26)15-9-10-18(27-2)19(12-15)28-3/h4-10,12H,1,11,13-14H2,2-3H3,(H,23,26). The molecule has 7 heteroatoms. The van der Waals surface area contributed by atoms with E-state index >= 15 is 0 Å². The molecule has 2 amide bonds. The number of benzene rings is 2. The second-order valence-corrected chi connectivity index (χ2v) is 5.91. The third-order valence-electron chi connectivity index (χ3n) is 4.07. The fourth-order valence-electron chi connectivity index (χ4n) is 2.59. The van der Waals surface area contributed by atoms with E-state index in [9.17, 15) is 14.0 Å². The van der Waals surface area contributed by atoms with Crippen LogP contribution in [-0.4, -0.2) is 44.0 Å². The molecule has 0 bridgehead atoms. The van der Waals surface area contributed by atoms with E-state index in [0.717, 1.165) is 0 Å². The van der Waals surface area contributed by atoms with Gasteiger partial charge in [0.1, 0.15) is 5.82 Å². The number of nitrogens with zero attached hydrogens (tertiary/aromatic N) is 1. The van der Waals surface area contributed by atoms with Crippen LogP contribution in [0.3, 0.4) is 0 Å². The van der Waals surface area contributed by atoms with E-state index in [2.05, 4.69) is 11.9 Å². The van der Waals surface area contributed by atoms with Gasteiger partial charge in [0, 0.05) is 24.2 Å². The SMILES string of the molecule is C=CCN(Cc1ccccc1F)C(=O)CNC(=O)c1ccc(OC)c(OC)c1. The molecular formula is C21H23FN2O4. The van der Waals surface area contributed by atoms with Crippen LogP contribution in [0.4, 0.5) is 4.39 Å². The Morgan fingerprint density at radius 2 is 1.86 bits per heavy atom. The smallest absolute Gasteiger partial charge is 0.251 e. The molecule has 0 atom stereocenters. The van der Waals surface area contributed by atoms with Crippen molar-refractivity contribution >= 4 is 11.8 Å². The first-order valence-corrected chi connectivity index (χ1v) is 8.62. The van der Waals surface area contributed by atoms with Crippen LogP contribution < -0.4 is 14.8 Å². The summed E-state index contributed by atoms with van der Waals surface area (Å²) >= 11 is 0. The number of methoxy groups -OCH3 is 2. The monoisotopic (exact) mass is 386 g/mol. The van der Waals surface area contributed by atoms with Gasteiger partial charge in [-0.05, 0) is 24.3 Å². The highest BCUT2D eigenvalue weighted by molar-refractivity contribution is 5.97. The zero-order chi connectivity index (χ0) is 20.5. The lowest BCUT2D eigenvalue weighted by atomic mass is 10.2. The quantitative estimate of drug-likeness (QED) is 0.673. The molecule has 0 aromatic heterocycles. The first kappa shape index (κ1) is 21.0. The zero-order valence-electron chi connectivity index (χ0n) is 15.9. The summed E-state index contributed by atoms with van der Waals surface area (Å²) in [6, 6.07) is 10.9. The van der Waals surface area contributed by atoms with E-state index in [0.29, 0.717) is 22.6 Å². The molecule has 0 aliphatic carbocycles. The zero-order valence-corrected chi connectivity index (χ0v) is 15.9. The van der Waals surface area contributed by atoms with Gasteiger partial charge in [-0.3, -0.25) is 9.59 Å². The lowest BCUT2D eigenvalue weighted by Crippen LogP contribution is -2.40. The molecule has 28 heavy (non-hydrogen) atoms. The van der Waals surface area contributed by atoms with E-state index in [4.69, 9.17) is 9.47 Å². The molecule has 0 aliphatic heterocycles. The molecule has 0 saturated carbocycles. The van der Waals surface area contributed by atoms with E-state index in [-0.39, 0.29) is 25.5 Å². The Labute approximate surface area is 163 Å². The Hall–Kier alpha value is -3.35. The molecule has 6 nitrogen and oxygen atoms in total. The average molecular weight is 386 g/mol. The van der Waals surface area contributed by atoms with Crippen molar-refractivity contribution in [2.75, 3.05) is 27.3 Å². The number of carbonyl (C=O) groups is 2. The van der Waals surface area contributed by atoms with Crippen molar-refractivity contribution in [1.82, 2.24) is 10.2 Å². The molecular weight excluding hydrogens is 363 g/mol. The van der Waals surface area contributed by atoms with E-state index in [1.165, 1.54) is 31.3 Å². The van der Waals surface area contributed by atoms with E-state index < -0.39 is 11.7 Å². The number of ether oxygens (including phenoxy) is 2. The van der Waals surface area contributed by atoms with Crippen LogP contribution in [0.25, 0.3) is 0 Å². The Kier molecular flexibility index (Phi) is 7.56. The van der Waals surface area contributed by atoms with Crippen molar-refractivity contribution in [1.29, 1.82) is 0 Å². The summed E-state index contributed by atoms with van der Waals surface area (Å²) in [7, 11) is 2.97. The van der Waals surface area contributed by atoms with Crippen LogP contribution >= 0.6 is 0 Å². The summed E-state index contributed by atoms with van der Waals surface area (Å²) in [5.74, 6) is -0.263. The van der Waals surface area contributed by atoms with Gasteiger partial charge >= 0.3 is 0 Å². The van der Waals surface area contributed by atoms with Gasteiger partial charge < -0.3 is 19.7 Å². The topological polar surface area (TPSA) is 67.9 Å². The number of hydrogen-bond donors (Lipinski definition) is 1. The highest BCUT2D eigenvalue weighted by Gasteiger charge is 2.17. The van der Waals surface area contributed by atoms with Crippen molar-refractivity contribution in [3.05, 3.63) is 72.1 Å². The number of halogens is 1. The maximum Gasteiger partial charge on any atom is 0.251 e. The lowest BCUT2D eigenvalue weighted by molar-refractivity contribution is -0.130. The molecule has 0 radical (unpaired) electrons. The van der Waals surface area contributed by atoms with Gasteiger partial charge in [-0.1, -0.05) is 24.3 Å². The van der Waals surface area contributed by atoms with Crippen molar-refractivity contribution in [3.63, 3.8) is 0 Å². The van der Waals surface area contributed by atoms with Gasteiger partial charge in [-0.2, -0.15) is 0 Å². The molecule has 0 heterocycles. The van der Waals surface area contributed by atoms with Crippen LogP contribution in [0.2, 0.25) is 0 Å². The Morgan fingerprint density at radius 1 is 1.14 bits per heavy atom. The summed E-state index contributed by atoms with van der Waals surface area (Å²) in [6.45, 7) is 3.72. The second kappa shape index (κ2) is 10.1. The van der Waals surface area contributed by atoms with Crippen LogP contribution in [0.1, 0.15) is 15.9 Å². The molecule has 2 aromatic carbocycles. The first-order valence-electron chi connectivity index (χ1n) is 8.62. The van der Waals surface area contributed by atoms with Crippen molar-refractivity contribution in [2.45, 2.75) is 6.54 Å². The number of hydrogen-bond acceptors (Lipinski definition) is 4. The maximum atomic E-state index is 13.9. The molecule has 0 aliphatic rings. The van der Waals surface area contributed by atoms with Crippen LogP contribution in [0, 0.1) is 5.82 Å². The summed E-state index contributed by atoms with van der Waals surface area (Å²) in [5.41, 5.74) is 0.721. The van der Waals surface area contributed by atoms with Crippen molar-refractivity contribution in [2.24, 2.45) is 0 Å². The van der Waals surface area contributed by atoms with E-state index in [1.807, 2.05) is 0 Å². The number of rotatable bonds is 9. The molecule has 2 rings (SSSR count). The first-order chi connectivity index (χ1) is 13.5. The largest absolute Gasteiger partial charge is 0.493 e. The van der Waals surface area contributed by atoms with Gasteiger partial charge in [0.2, 0.25) is 5.91 Å². The van der Waals surface area contributed by atoms with Crippen LogP contribution in [0.15, 0.2) is 55.1 Å². The summed E-state index contributed by atoms with van der Waals surface area (Å²) in [4.78, 5) is 26.3. The number of amides is 2. The third-order valence-corrected chi connectivity index (χ3v) is 4.07. The fourth-order valence-corrected chi connectivity index (χ4v) is 2.59. The lowest BCUT2D eigenvalue weighted by Gasteiger charge is -2.22. The molecule has 0 fully saturated rings. The minimum atomic E-state index is -0.432. The van der Waals surface area contributed by atoms with Gasteiger partial charge in [-0.25, -0.2) is 4.39 Å². The molecule has 0 unspecified atom stereocenters. The summed E-state index contributed by atoms with van der Waals surface area (Å²) < 4.78 is 24.2. The van der Waals surface area contributed by atoms with Crippen LogP contribution in [-0.2, 0) is 11.3 Å². The molecule has 0 saturated heterocycles. The molecule has 148 valence electrons. The second-order valence-electron chi connectivity index (χ2n) is 5.91. The Bertz CT molecular complexity index is 854. The highest BCUT2D eigenvalue weighted by atomic mass is 19.1. The Balaban J connectivity index is 2.02. The minimum Gasteiger partial charge on any atom is -0.493 e. The number of carbonyl (C=O) groups excluding carboxylic acids is 2. The normalized spacial score (nSPS) is 10.1. The predicted octanol–water partition coefficient (Wildman–Crippen LogP) is 2.79. The fraction of sp³-hybridized carbons (Fsp3) is 0.238. The third kappa shape index (κ3) is 5.33. The van der Waals surface area contributed by atoms with Gasteiger partial charge in [-0.15, -0.1) is 6.58 Å². The van der Waals surface area contributed by atoms with Gasteiger partial charge in [0.15, 0.2) is 11.5 Å². The molecule has 0 spiro atoms. The number of nitrogens with one attached hydrogen (secondary N) is 1. The average Bonchev–Trinajstić information content (AvgIpc) is 2.72. The predicted molar refractivity (Wildman–Crippen MR) is 104 cm³/mol. The molecule has 2 aromatic rings. The van der Waals surface area contributed by atoms with Gasteiger partial charge in [0.25, 0.3) is 5.91 Å².